The van der Waals surface area contributed by atoms with Crippen LogP contribution in [0.25, 0.3) is 0 Å². The zero-order valence-corrected chi connectivity index (χ0v) is 11.8. The molecule has 0 heterocycles. The minimum Gasteiger partial charge on any atom is -0.313 e. The molecule has 0 bridgehead atoms. The number of rotatable bonds is 5. The standard InChI is InChI=1S/C13H27NS/c1-10(9-15-5)8-14-12-7-13(3,4)6-11(12)2/h10-12,14H,6-9H2,1-5H3. The van der Waals surface area contributed by atoms with E-state index in [1.54, 1.807) is 0 Å². The largest absolute Gasteiger partial charge is 0.313 e. The highest BCUT2D eigenvalue weighted by Gasteiger charge is 2.36. The van der Waals surface area contributed by atoms with Crippen LogP contribution in [0.2, 0.25) is 0 Å². The van der Waals surface area contributed by atoms with Crippen molar-refractivity contribution in [3.8, 4) is 0 Å². The van der Waals surface area contributed by atoms with Gasteiger partial charge in [0, 0.05) is 6.04 Å². The van der Waals surface area contributed by atoms with Gasteiger partial charge >= 0.3 is 0 Å². The smallest absolute Gasteiger partial charge is 0.00980 e. The lowest BCUT2D eigenvalue weighted by molar-refractivity contribution is 0.360. The second-order valence-corrected chi connectivity index (χ2v) is 7.04. The molecule has 0 spiro atoms. The van der Waals surface area contributed by atoms with Gasteiger partial charge in [0.1, 0.15) is 0 Å². The first kappa shape index (κ1) is 13.4. The van der Waals surface area contributed by atoms with Gasteiger partial charge in [0.2, 0.25) is 0 Å². The fourth-order valence-electron chi connectivity index (χ4n) is 2.86. The molecule has 0 amide bonds. The summed E-state index contributed by atoms with van der Waals surface area (Å²) >= 11 is 1.95. The van der Waals surface area contributed by atoms with Crippen LogP contribution in [0.4, 0.5) is 0 Å². The van der Waals surface area contributed by atoms with Gasteiger partial charge in [0.15, 0.2) is 0 Å². The Labute approximate surface area is 99.8 Å². The van der Waals surface area contributed by atoms with Crippen molar-refractivity contribution in [2.24, 2.45) is 17.3 Å². The number of nitrogens with one attached hydrogen (secondary N) is 1. The molecule has 0 radical (unpaired) electrons. The fraction of sp³-hybridized carbons (Fsp3) is 1.00. The van der Waals surface area contributed by atoms with Gasteiger partial charge < -0.3 is 5.32 Å². The van der Waals surface area contributed by atoms with Gasteiger partial charge in [-0.3, -0.25) is 0 Å². The zero-order chi connectivity index (χ0) is 11.5. The van der Waals surface area contributed by atoms with Crippen molar-refractivity contribution in [3.05, 3.63) is 0 Å². The molecule has 1 aliphatic rings. The Hall–Kier alpha value is 0.310. The van der Waals surface area contributed by atoms with Crippen molar-refractivity contribution >= 4 is 11.8 Å². The Bertz CT molecular complexity index is 191. The molecule has 15 heavy (non-hydrogen) atoms. The third-order valence-electron chi connectivity index (χ3n) is 3.51. The lowest BCUT2D eigenvalue weighted by atomic mass is 9.91. The Morgan fingerprint density at radius 1 is 1.40 bits per heavy atom. The Morgan fingerprint density at radius 3 is 2.53 bits per heavy atom. The van der Waals surface area contributed by atoms with Crippen LogP contribution in [-0.2, 0) is 0 Å². The minimum atomic E-state index is 0.555. The van der Waals surface area contributed by atoms with Crippen LogP contribution in [0, 0.1) is 17.3 Å². The highest BCUT2D eigenvalue weighted by molar-refractivity contribution is 7.98. The number of hydrogen-bond donors (Lipinski definition) is 1. The van der Waals surface area contributed by atoms with Crippen molar-refractivity contribution in [1.29, 1.82) is 0 Å². The average Bonchev–Trinajstić information content (AvgIpc) is 2.36. The van der Waals surface area contributed by atoms with E-state index in [0.29, 0.717) is 5.41 Å². The van der Waals surface area contributed by atoms with Gasteiger partial charge in [-0.25, -0.2) is 0 Å². The first-order chi connectivity index (χ1) is 6.94. The molecule has 0 aromatic carbocycles. The van der Waals surface area contributed by atoms with Crippen LogP contribution in [0.5, 0.6) is 0 Å². The van der Waals surface area contributed by atoms with Crippen molar-refractivity contribution in [3.63, 3.8) is 0 Å². The third-order valence-corrected chi connectivity index (χ3v) is 4.42. The van der Waals surface area contributed by atoms with Gasteiger partial charge in [-0.2, -0.15) is 11.8 Å². The summed E-state index contributed by atoms with van der Waals surface area (Å²) in [5.74, 6) is 2.93. The lowest BCUT2D eigenvalue weighted by Gasteiger charge is -2.20. The molecule has 1 N–H and O–H groups in total. The van der Waals surface area contributed by atoms with E-state index in [9.17, 15) is 0 Å². The van der Waals surface area contributed by atoms with E-state index in [2.05, 4.69) is 39.3 Å². The van der Waals surface area contributed by atoms with E-state index in [1.165, 1.54) is 25.1 Å². The average molecular weight is 229 g/mol. The molecule has 3 unspecified atom stereocenters. The quantitative estimate of drug-likeness (QED) is 0.775. The van der Waals surface area contributed by atoms with E-state index >= 15 is 0 Å². The second kappa shape index (κ2) is 5.58. The maximum atomic E-state index is 3.76. The molecule has 90 valence electrons. The molecule has 2 heteroatoms. The molecular weight excluding hydrogens is 202 g/mol. The van der Waals surface area contributed by atoms with Gasteiger partial charge in [-0.15, -0.1) is 0 Å². The third kappa shape index (κ3) is 4.36. The minimum absolute atomic E-state index is 0.555. The van der Waals surface area contributed by atoms with Crippen LogP contribution in [0.1, 0.15) is 40.5 Å². The van der Waals surface area contributed by atoms with Crippen molar-refractivity contribution in [2.75, 3.05) is 18.6 Å². The fourth-order valence-corrected chi connectivity index (χ4v) is 3.55. The summed E-state index contributed by atoms with van der Waals surface area (Å²) in [4.78, 5) is 0. The maximum absolute atomic E-state index is 3.76. The predicted octanol–water partition coefficient (Wildman–Crippen LogP) is 3.40. The lowest BCUT2D eigenvalue weighted by Crippen LogP contribution is -2.35. The Kier molecular flexibility index (Phi) is 4.98. The summed E-state index contributed by atoms with van der Waals surface area (Å²) in [6, 6.07) is 0.754. The number of hydrogen-bond acceptors (Lipinski definition) is 2. The Balaban J connectivity index is 2.27. The summed E-state index contributed by atoms with van der Waals surface area (Å²) in [6.07, 6.45) is 4.92. The van der Waals surface area contributed by atoms with E-state index in [0.717, 1.165) is 17.9 Å². The van der Waals surface area contributed by atoms with Crippen molar-refractivity contribution in [2.45, 2.75) is 46.6 Å². The second-order valence-electron chi connectivity index (χ2n) is 6.13. The molecule has 1 rings (SSSR count). The molecule has 0 aromatic heterocycles. The molecule has 1 saturated carbocycles. The van der Waals surface area contributed by atoms with Crippen LogP contribution in [0.15, 0.2) is 0 Å². The molecule has 3 atom stereocenters. The molecule has 0 aliphatic heterocycles. The summed E-state index contributed by atoms with van der Waals surface area (Å²) in [5, 5.41) is 3.76. The van der Waals surface area contributed by atoms with Gasteiger partial charge in [0.05, 0.1) is 0 Å². The summed E-state index contributed by atoms with van der Waals surface area (Å²) in [7, 11) is 0. The van der Waals surface area contributed by atoms with Gasteiger partial charge in [0.25, 0.3) is 0 Å². The van der Waals surface area contributed by atoms with E-state index < -0.39 is 0 Å². The zero-order valence-electron chi connectivity index (χ0n) is 11.0. The van der Waals surface area contributed by atoms with Crippen LogP contribution in [-0.4, -0.2) is 24.6 Å². The summed E-state index contributed by atoms with van der Waals surface area (Å²) in [6.45, 7) is 10.7. The van der Waals surface area contributed by atoms with Gasteiger partial charge in [-0.05, 0) is 48.6 Å². The highest BCUT2D eigenvalue weighted by atomic mass is 32.2. The Morgan fingerprint density at radius 2 is 2.07 bits per heavy atom. The molecule has 1 fully saturated rings. The van der Waals surface area contributed by atoms with Crippen LogP contribution < -0.4 is 5.32 Å². The van der Waals surface area contributed by atoms with E-state index in [4.69, 9.17) is 0 Å². The monoisotopic (exact) mass is 229 g/mol. The van der Waals surface area contributed by atoms with Crippen molar-refractivity contribution < 1.29 is 0 Å². The van der Waals surface area contributed by atoms with Crippen molar-refractivity contribution in [1.82, 2.24) is 5.32 Å². The van der Waals surface area contributed by atoms with Crippen LogP contribution >= 0.6 is 11.8 Å². The SMILES string of the molecule is CSCC(C)CNC1CC(C)(C)CC1C. The highest BCUT2D eigenvalue weighted by Crippen LogP contribution is 2.40. The van der Waals surface area contributed by atoms with E-state index in [1.807, 2.05) is 11.8 Å². The summed E-state index contributed by atoms with van der Waals surface area (Å²) in [5.41, 5.74) is 0.555. The first-order valence-corrected chi connectivity index (χ1v) is 7.56. The number of thioether (sulfide) groups is 1. The normalized spacial score (nSPS) is 31.8. The molecule has 0 saturated heterocycles. The first-order valence-electron chi connectivity index (χ1n) is 6.17. The molecule has 1 nitrogen and oxygen atoms in total. The molecular formula is C13H27NS. The topological polar surface area (TPSA) is 12.0 Å². The van der Waals surface area contributed by atoms with Gasteiger partial charge in [-0.1, -0.05) is 27.7 Å². The molecule has 1 aliphatic carbocycles. The maximum Gasteiger partial charge on any atom is 0.00980 e. The molecule has 0 aromatic rings. The van der Waals surface area contributed by atoms with Crippen LogP contribution in [0.3, 0.4) is 0 Å². The summed E-state index contributed by atoms with van der Waals surface area (Å²) < 4.78 is 0. The predicted molar refractivity (Wildman–Crippen MR) is 71.5 cm³/mol. The van der Waals surface area contributed by atoms with E-state index in [-0.39, 0.29) is 0 Å².